The predicted molar refractivity (Wildman–Crippen MR) is 120 cm³/mol. The molecule has 3 aliphatic rings. The van der Waals surface area contributed by atoms with Gasteiger partial charge in [0.25, 0.3) is 5.91 Å². The maximum Gasteiger partial charge on any atom is 0.250 e. The molecular formula is C26H22N4O. The molecule has 5 nitrogen and oxygen atoms in total. The number of hydrogen-bond acceptors (Lipinski definition) is 4. The van der Waals surface area contributed by atoms with E-state index in [2.05, 4.69) is 40.4 Å². The van der Waals surface area contributed by atoms with Crippen LogP contribution in [-0.2, 0) is 11.2 Å². The van der Waals surface area contributed by atoms with Crippen LogP contribution in [0.2, 0.25) is 0 Å². The van der Waals surface area contributed by atoms with E-state index in [0.717, 1.165) is 35.1 Å². The van der Waals surface area contributed by atoms with E-state index in [1.54, 1.807) is 11.2 Å². The van der Waals surface area contributed by atoms with Gasteiger partial charge in [0.05, 0.1) is 24.4 Å². The van der Waals surface area contributed by atoms with Crippen LogP contribution in [0.25, 0.3) is 0 Å². The van der Waals surface area contributed by atoms with Gasteiger partial charge in [-0.25, -0.2) is 5.01 Å². The highest BCUT2D eigenvalue weighted by atomic mass is 16.2. The summed E-state index contributed by atoms with van der Waals surface area (Å²) in [5.74, 6) is -0.155. The van der Waals surface area contributed by atoms with Gasteiger partial charge in [-0.05, 0) is 29.5 Å². The van der Waals surface area contributed by atoms with Gasteiger partial charge >= 0.3 is 0 Å². The van der Waals surface area contributed by atoms with Crippen molar-refractivity contribution in [2.24, 2.45) is 16.1 Å². The van der Waals surface area contributed by atoms with E-state index in [-0.39, 0.29) is 24.0 Å². The zero-order valence-corrected chi connectivity index (χ0v) is 17.0. The lowest BCUT2D eigenvalue weighted by Crippen LogP contribution is -2.55. The summed E-state index contributed by atoms with van der Waals surface area (Å²) in [4.78, 5) is 13.8. The van der Waals surface area contributed by atoms with Crippen LogP contribution in [0.1, 0.15) is 46.4 Å². The average Bonchev–Trinajstić information content (AvgIpc) is 2.84. The molecule has 3 atom stereocenters. The van der Waals surface area contributed by atoms with Crippen molar-refractivity contribution >= 4 is 18.3 Å². The number of nitrogens with zero attached hydrogens (tertiary/aromatic N) is 4. The Balaban J connectivity index is 1.44. The molecule has 0 aromatic heterocycles. The molecule has 0 radical (unpaired) electrons. The van der Waals surface area contributed by atoms with Crippen molar-refractivity contribution < 1.29 is 4.79 Å². The summed E-state index contributed by atoms with van der Waals surface area (Å²) in [6.45, 7) is 0. The normalized spacial score (nSPS) is 23.1. The third-order valence-corrected chi connectivity index (χ3v) is 6.52. The van der Waals surface area contributed by atoms with E-state index in [0.29, 0.717) is 0 Å². The van der Waals surface area contributed by atoms with Gasteiger partial charge in [-0.15, -0.1) is 0 Å². The third kappa shape index (κ3) is 2.88. The van der Waals surface area contributed by atoms with Gasteiger partial charge in [-0.2, -0.15) is 10.2 Å². The molecule has 0 N–H and O–H groups in total. The Morgan fingerprint density at radius 2 is 1.39 bits per heavy atom. The van der Waals surface area contributed by atoms with E-state index in [1.165, 1.54) is 5.56 Å². The quantitative estimate of drug-likeness (QED) is 0.642. The Hall–Kier alpha value is -3.73. The van der Waals surface area contributed by atoms with E-state index >= 15 is 0 Å². The Morgan fingerprint density at radius 1 is 0.742 bits per heavy atom. The number of rotatable bonds is 3. The molecule has 0 bridgehead atoms. The van der Waals surface area contributed by atoms with Gasteiger partial charge in [-0.3, -0.25) is 9.80 Å². The second kappa shape index (κ2) is 7.20. The zero-order chi connectivity index (χ0) is 20.8. The lowest BCUT2D eigenvalue weighted by molar-refractivity contribution is -0.161. The first-order valence-corrected chi connectivity index (χ1v) is 10.7. The van der Waals surface area contributed by atoms with Crippen LogP contribution in [0.15, 0.2) is 89.1 Å². The van der Waals surface area contributed by atoms with Gasteiger partial charge in [-0.1, -0.05) is 78.9 Å². The minimum absolute atomic E-state index is 0.0693. The van der Waals surface area contributed by atoms with Gasteiger partial charge in [0.1, 0.15) is 0 Å². The van der Waals surface area contributed by atoms with Crippen molar-refractivity contribution in [3.05, 3.63) is 107 Å². The topological polar surface area (TPSA) is 48.3 Å². The first-order valence-electron chi connectivity index (χ1n) is 10.7. The number of hydrogen-bond donors (Lipinski definition) is 0. The molecule has 1 amide bonds. The van der Waals surface area contributed by atoms with Crippen LogP contribution in [0, 0.1) is 5.92 Å². The highest BCUT2D eigenvalue weighted by molar-refractivity contribution is 5.90. The lowest BCUT2D eigenvalue weighted by atomic mass is 9.81. The van der Waals surface area contributed by atoms with E-state index < -0.39 is 0 Å². The van der Waals surface area contributed by atoms with Crippen LogP contribution >= 0.6 is 0 Å². The molecule has 3 aromatic rings. The van der Waals surface area contributed by atoms with E-state index in [4.69, 9.17) is 5.10 Å². The fourth-order valence-electron chi connectivity index (χ4n) is 5.03. The molecule has 31 heavy (non-hydrogen) atoms. The largest absolute Gasteiger partial charge is 0.272 e. The fraction of sp³-hybridized carbons (Fsp3) is 0.192. The number of carbonyl (C=O) groups excluding carboxylic acids is 1. The summed E-state index contributed by atoms with van der Waals surface area (Å²) in [7, 11) is 0. The molecule has 152 valence electrons. The standard InChI is InChI=1S/C26H22N4O/c31-26-23(15-14-18-8-2-1-3-9-18)24-21-12-6-4-10-19(21)16-27-29(24)25-22-13-7-5-11-20(22)17-28-30(25)26/h1-13,16-17,23-25H,14-15H2/t23-,24-,25-/m0/s1. The summed E-state index contributed by atoms with van der Waals surface area (Å²) in [5, 5.41) is 13.2. The first kappa shape index (κ1) is 18.1. The van der Waals surface area contributed by atoms with Crippen LogP contribution in [0.3, 0.4) is 0 Å². The monoisotopic (exact) mass is 406 g/mol. The first-order chi connectivity index (χ1) is 15.3. The molecule has 3 aromatic carbocycles. The summed E-state index contributed by atoms with van der Waals surface area (Å²) in [6.07, 6.45) is 4.96. The Bertz CT molecular complexity index is 1200. The number of aryl methyl sites for hydroxylation is 1. The van der Waals surface area contributed by atoms with Gasteiger partial charge < -0.3 is 0 Å². The molecular weight excluding hydrogens is 384 g/mol. The SMILES string of the molecule is O=C1[C@@H](CCc2ccccc2)[C@@H]2c3ccccc3C=NN2[C@@H]2c3ccccc3C=NN12. The molecule has 3 heterocycles. The van der Waals surface area contributed by atoms with Crippen molar-refractivity contribution in [3.63, 3.8) is 0 Å². The van der Waals surface area contributed by atoms with Crippen molar-refractivity contribution in [2.75, 3.05) is 0 Å². The van der Waals surface area contributed by atoms with Crippen LogP contribution < -0.4 is 0 Å². The maximum absolute atomic E-state index is 13.8. The molecule has 3 aliphatic heterocycles. The van der Waals surface area contributed by atoms with E-state index in [1.807, 2.05) is 54.7 Å². The number of carbonyl (C=O) groups is 1. The average molecular weight is 406 g/mol. The van der Waals surface area contributed by atoms with Gasteiger partial charge in [0.15, 0.2) is 6.17 Å². The van der Waals surface area contributed by atoms with Crippen LogP contribution in [0.5, 0.6) is 0 Å². The molecule has 5 heteroatoms. The molecule has 0 spiro atoms. The van der Waals surface area contributed by atoms with Crippen molar-refractivity contribution in [2.45, 2.75) is 25.0 Å². The van der Waals surface area contributed by atoms with Gasteiger partial charge in [0.2, 0.25) is 0 Å². The highest BCUT2D eigenvalue weighted by Gasteiger charge is 2.50. The van der Waals surface area contributed by atoms with Gasteiger partial charge in [0, 0.05) is 11.1 Å². The van der Waals surface area contributed by atoms with Crippen molar-refractivity contribution in [1.29, 1.82) is 0 Å². The van der Waals surface area contributed by atoms with Crippen LogP contribution in [-0.4, -0.2) is 28.4 Å². The second-order valence-corrected chi connectivity index (χ2v) is 8.26. The van der Waals surface area contributed by atoms with Crippen molar-refractivity contribution in [1.82, 2.24) is 10.0 Å². The summed E-state index contributed by atoms with van der Waals surface area (Å²) < 4.78 is 0. The van der Waals surface area contributed by atoms with E-state index in [9.17, 15) is 4.79 Å². The molecule has 1 fully saturated rings. The maximum atomic E-state index is 13.8. The minimum Gasteiger partial charge on any atom is -0.272 e. The predicted octanol–water partition coefficient (Wildman–Crippen LogP) is 4.51. The number of amides is 1. The Kier molecular flexibility index (Phi) is 4.20. The fourth-order valence-corrected chi connectivity index (χ4v) is 5.03. The number of benzene rings is 3. The smallest absolute Gasteiger partial charge is 0.250 e. The Labute approximate surface area is 181 Å². The lowest BCUT2D eigenvalue weighted by Gasteiger charge is -2.50. The second-order valence-electron chi connectivity index (χ2n) is 8.26. The molecule has 0 saturated carbocycles. The summed E-state index contributed by atoms with van der Waals surface area (Å²) in [6, 6.07) is 26.7. The summed E-state index contributed by atoms with van der Waals surface area (Å²) >= 11 is 0. The van der Waals surface area contributed by atoms with Crippen LogP contribution in [0.4, 0.5) is 0 Å². The minimum atomic E-state index is -0.323. The third-order valence-electron chi connectivity index (χ3n) is 6.52. The summed E-state index contributed by atoms with van der Waals surface area (Å²) in [5.41, 5.74) is 5.59. The molecule has 0 unspecified atom stereocenters. The zero-order valence-electron chi connectivity index (χ0n) is 17.0. The number of fused-ring (bicyclic) bond motifs is 7. The van der Waals surface area contributed by atoms with Crippen molar-refractivity contribution in [3.8, 4) is 0 Å². The molecule has 0 aliphatic carbocycles. The Morgan fingerprint density at radius 3 is 2.19 bits per heavy atom. The number of hydrazone groups is 2. The molecule has 1 saturated heterocycles. The molecule has 6 rings (SSSR count). The highest BCUT2D eigenvalue weighted by Crippen LogP contribution is 2.48.